The van der Waals surface area contributed by atoms with Gasteiger partial charge in [-0.2, -0.15) is 34.1 Å². The largest absolute Gasteiger partial charge is 0.444 e. The summed E-state index contributed by atoms with van der Waals surface area (Å²) in [6.45, 7) is 10.7. The van der Waals surface area contributed by atoms with Crippen molar-refractivity contribution in [3.05, 3.63) is 181 Å². The molecular weight excluding hydrogens is 1350 g/mol. The lowest BCUT2D eigenvalue weighted by molar-refractivity contribution is -0.137. The predicted molar refractivity (Wildman–Crippen MR) is 352 cm³/mol. The summed E-state index contributed by atoms with van der Waals surface area (Å²) in [7, 11) is 0. The van der Waals surface area contributed by atoms with Gasteiger partial charge >= 0.3 is 24.4 Å². The molecule has 4 amide bonds. The number of rotatable bonds is 15. The summed E-state index contributed by atoms with van der Waals surface area (Å²) in [5.41, 5.74) is 6.94. The van der Waals surface area contributed by atoms with Crippen molar-refractivity contribution >= 4 is 58.3 Å². The van der Waals surface area contributed by atoms with Crippen LogP contribution in [0.1, 0.15) is 52.8 Å². The quantitative estimate of drug-likeness (QED) is 0.0442. The van der Waals surface area contributed by atoms with E-state index in [-0.39, 0.29) is 29.0 Å². The Morgan fingerprint density at radius 1 is 0.465 bits per heavy atom. The number of amides is 4. The molecule has 35 nitrogen and oxygen atoms in total. The first-order valence-corrected chi connectivity index (χ1v) is 29.4. The molecular formula is C62H54ClF3N26O9. The van der Waals surface area contributed by atoms with Crippen LogP contribution in [0.5, 0.6) is 46.5 Å². The van der Waals surface area contributed by atoms with Crippen LogP contribution in [0.25, 0.3) is 34.6 Å². The molecule has 0 radical (unpaired) electrons. The average Bonchev–Trinajstić information content (AvgIpc) is 1.30. The number of tetrazole rings is 3. The molecule has 39 heteroatoms. The summed E-state index contributed by atoms with van der Waals surface area (Å²) in [6.07, 6.45) is -0.535. The van der Waals surface area contributed by atoms with E-state index in [2.05, 4.69) is 123 Å². The molecule has 9 N–H and O–H groups in total. The summed E-state index contributed by atoms with van der Waals surface area (Å²) in [4.78, 5) is 67.8. The molecule has 0 aliphatic rings. The zero-order valence-corrected chi connectivity index (χ0v) is 54.2. The molecule has 0 fully saturated rings. The maximum absolute atomic E-state index is 13.0. The van der Waals surface area contributed by atoms with Crippen molar-refractivity contribution in [3.8, 4) is 87.1 Å². The molecule has 0 unspecified atom stereocenters. The van der Waals surface area contributed by atoms with Crippen molar-refractivity contribution in [2.75, 3.05) is 27.0 Å². The Hall–Kier alpha value is -14.0. The van der Waals surface area contributed by atoms with Gasteiger partial charge in [-0.25, -0.2) is 54.3 Å². The first-order chi connectivity index (χ1) is 48.3. The Bertz CT molecular complexity index is 4790. The van der Waals surface area contributed by atoms with E-state index in [1.807, 2.05) is 6.07 Å². The normalized spacial score (nSPS) is 10.8. The second-order valence-corrected chi connectivity index (χ2v) is 22.3. The van der Waals surface area contributed by atoms with E-state index in [1.165, 1.54) is 49.6 Å². The first-order valence-electron chi connectivity index (χ1n) is 29.1. The molecule has 12 aromatic rings. The van der Waals surface area contributed by atoms with Gasteiger partial charge in [-0.3, -0.25) is 10.6 Å². The number of nitrogens with one attached hydrogen (secondary N) is 7. The van der Waals surface area contributed by atoms with Gasteiger partial charge in [0.1, 0.15) is 88.4 Å². The Morgan fingerprint density at radius 2 is 0.832 bits per heavy atom. The predicted octanol–water partition coefficient (Wildman–Crippen LogP) is 12.1. The van der Waals surface area contributed by atoms with Gasteiger partial charge in [-0.15, -0.1) is 30.6 Å². The molecule has 0 bridgehead atoms. The summed E-state index contributed by atoms with van der Waals surface area (Å²) in [5.74, 6) is 3.93. The van der Waals surface area contributed by atoms with E-state index in [1.54, 1.807) is 145 Å². The number of ether oxygens (including phenoxy) is 6. The number of benzene rings is 5. The van der Waals surface area contributed by atoms with Gasteiger partial charge < -0.3 is 44.8 Å². The van der Waals surface area contributed by atoms with Crippen LogP contribution in [0.4, 0.5) is 56.0 Å². The Balaban J connectivity index is 0.000000160. The number of anilines is 5. The van der Waals surface area contributed by atoms with Crippen molar-refractivity contribution in [1.29, 1.82) is 5.26 Å². The van der Waals surface area contributed by atoms with Crippen LogP contribution in [-0.2, 0) is 15.7 Å². The number of carbonyl (C=O) groups excluding carboxylic acids is 3. The summed E-state index contributed by atoms with van der Waals surface area (Å²) in [5, 5.41) is 58.9. The van der Waals surface area contributed by atoms with E-state index in [9.17, 15) is 27.6 Å². The number of alkyl halides is 3. The van der Waals surface area contributed by atoms with Gasteiger partial charge in [0.2, 0.25) is 41.0 Å². The van der Waals surface area contributed by atoms with Gasteiger partial charge in [0.25, 0.3) is 0 Å². The van der Waals surface area contributed by atoms with Crippen LogP contribution < -0.4 is 45.9 Å². The molecule has 7 heterocycles. The third kappa shape index (κ3) is 23.1. The van der Waals surface area contributed by atoms with Gasteiger partial charge in [-0.05, 0) is 124 Å². The van der Waals surface area contributed by atoms with Crippen molar-refractivity contribution < 1.29 is 56.0 Å². The molecule has 0 spiro atoms. The van der Waals surface area contributed by atoms with E-state index in [0.717, 1.165) is 12.1 Å². The molecule has 0 saturated carbocycles. The fourth-order valence-electron chi connectivity index (χ4n) is 7.75. The van der Waals surface area contributed by atoms with E-state index in [0.29, 0.717) is 86.2 Å². The molecule has 0 aliphatic heterocycles. The minimum atomic E-state index is -4.65. The van der Waals surface area contributed by atoms with Crippen molar-refractivity contribution in [2.45, 2.75) is 58.9 Å². The minimum absolute atomic E-state index is 0.0772. The van der Waals surface area contributed by atoms with Gasteiger partial charge in [0.05, 0.1) is 10.6 Å². The molecule has 0 saturated heterocycles. The highest BCUT2D eigenvalue weighted by Crippen LogP contribution is 2.37. The third-order valence-electron chi connectivity index (χ3n) is 11.7. The van der Waals surface area contributed by atoms with Gasteiger partial charge in [0, 0.05) is 77.0 Å². The lowest BCUT2D eigenvalue weighted by atomic mass is 10.2. The van der Waals surface area contributed by atoms with Crippen LogP contribution in [-0.4, -0.2) is 131 Å². The Labute approximate surface area is 573 Å². The fraction of sp³-hybridized carbons (Fsp3) is 0.145. The number of nitrogens with two attached hydrogens (primary N) is 1. The Kier molecular flexibility index (Phi) is 23.4. The molecule has 514 valence electrons. The lowest BCUT2D eigenvalue weighted by Crippen LogP contribution is -2.27. The zero-order chi connectivity index (χ0) is 71.9. The molecule has 0 atom stereocenters. The highest BCUT2D eigenvalue weighted by Gasteiger charge is 2.33. The zero-order valence-electron chi connectivity index (χ0n) is 53.4. The van der Waals surface area contributed by atoms with Crippen LogP contribution in [0.2, 0.25) is 5.02 Å². The number of aromatic amines is 3. The van der Waals surface area contributed by atoms with Crippen molar-refractivity contribution in [1.82, 2.24) is 102 Å². The Morgan fingerprint density at radius 3 is 1.20 bits per heavy atom. The van der Waals surface area contributed by atoms with Crippen LogP contribution in [0.15, 0.2) is 165 Å². The van der Waals surface area contributed by atoms with Crippen LogP contribution >= 0.6 is 11.6 Å². The molecule has 101 heavy (non-hydrogen) atoms. The average molecular weight is 1400 g/mol. The fourth-order valence-corrected chi connectivity index (χ4v) is 7.97. The van der Waals surface area contributed by atoms with E-state index >= 15 is 0 Å². The number of hydrogen-bond donors (Lipinski definition) is 8. The number of hydrogen-bond acceptors (Lipinski definition) is 28. The maximum Gasteiger partial charge on any atom is 0.417 e. The second kappa shape index (κ2) is 33.1. The van der Waals surface area contributed by atoms with E-state index in [4.69, 9.17) is 51.0 Å². The summed E-state index contributed by atoms with van der Waals surface area (Å²) < 4.78 is 71.9. The smallest absolute Gasteiger partial charge is 0.417 e. The summed E-state index contributed by atoms with van der Waals surface area (Å²) in [6, 6.07) is 37.3. The standard InChI is InChI=1S/C19H12ClF3N8O2.C16H17N7O3.C16H16N4O3.C11H9N7O/c20-14-5-4-11(7-13(14)19(21,22)23)27-18(32)26-10-2-1-3-12(6-10)33-16-8-15(24-9-25-16)17-28-30-31-29-17;1-16(2,3)26-15(24)19-10-5-4-6-11(7-10)25-13-8-12(17-9-18-13)14-20-22-23-21-14;1-16(2,3)23-15(21)20-11-5-4-6-13(7-11)22-14-8-12(9-17)18-10-19-14;12-7-2-1-3-8(4-7)19-10-5-9(13-6-14-10)11-15-17-18-16-11/h1-9H,(H2,26,27,32)(H,28,29,30,31);4-9H,1-3H3,(H,19,24)(H,20,21,22,23);4-8,10H,1-3H3,(H,20,21);1-6H,12H2,(H,15,16,17,18). The van der Waals surface area contributed by atoms with Crippen LogP contribution in [0, 0.1) is 11.3 Å². The van der Waals surface area contributed by atoms with Gasteiger partial charge in [0.15, 0.2) is 0 Å². The topological polar surface area (TPSA) is 471 Å². The van der Waals surface area contributed by atoms with Crippen LogP contribution in [0.3, 0.4) is 0 Å². The molecule has 5 aromatic carbocycles. The lowest BCUT2D eigenvalue weighted by Gasteiger charge is -2.19. The monoisotopic (exact) mass is 1400 g/mol. The number of H-pyrrole nitrogens is 3. The number of urea groups is 1. The maximum atomic E-state index is 13.0. The van der Waals surface area contributed by atoms with E-state index < -0.39 is 46.2 Å². The number of nitriles is 1. The highest BCUT2D eigenvalue weighted by molar-refractivity contribution is 6.31. The number of nitrogens with zero attached hydrogens (tertiary/aromatic N) is 18. The minimum Gasteiger partial charge on any atom is -0.444 e. The number of aromatic nitrogens is 20. The highest BCUT2D eigenvalue weighted by atomic mass is 35.5. The SMILES string of the molecule is CC(C)(C)OC(=O)Nc1cccc(Oc2cc(-c3nn[nH]n3)ncn2)c1.CC(C)(C)OC(=O)Nc1cccc(Oc2cc(C#N)ncn2)c1.Nc1cccc(Oc2cc(-c3nn[nH]n3)ncn2)c1.O=C(Nc1cccc(Oc2cc(-c3nn[nH]n3)ncn2)c1)Nc1ccc(Cl)c(C(F)(F)F)c1. The number of carbonyl (C=O) groups is 3. The molecule has 12 rings (SSSR count). The number of halogens is 4. The number of nitrogen functional groups attached to an aromatic ring is 1. The molecule has 7 aromatic heterocycles. The third-order valence-corrected chi connectivity index (χ3v) is 12.1. The van der Waals surface area contributed by atoms with Crippen molar-refractivity contribution in [3.63, 3.8) is 0 Å². The van der Waals surface area contributed by atoms with Gasteiger partial charge in [-0.1, -0.05) is 35.9 Å². The van der Waals surface area contributed by atoms with Crippen molar-refractivity contribution in [2.24, 2.45) is 0 Å². The summed E-state index contributed by atoms with van der Waals surface area (Å²) >= 11 is 5.59. The molecule has 0 aliphatic carbocycles. The first kappa shape index (κ1) is 71.3. The second-order valence-electron chi connectivity index (χ2n) is 21.9.